The normalized spacial score (nSPS) is 13.7. The Morgan fingerprint density at radius 2 is 1.62 bits per heavy atom. The zero-order chi connectivity index (χ0) is 12.4. The fourth-order valence-corrected chi connectivity index (χ4v) is 1.74. The number of rotatable bonds is 10. The molecule has 1 atom stereocenters. The van der Waals surface area contributed by atoms with E-state index in [4.69, 9.17) is 11.5 Å². The van der Waals surface area contributed by atoms with Gasteiger partial charge in [0.2, 0.25) is 0 Å². The van der Waals surface area contributed by atoms with Crippen LogP contribution in [0.15, 0.2) is 0 Å². The van der Waals surface area contributed by atoms with Crippen molar-refractivity contribution >= 4 is 0 Å². The molecule has 0 spiro atoms. The molecule has 0 saturated carbocycles. The molecule has 0 bridgehead atoms. The van der Waals surface area contributed by atoms with E-state index in [-0.39, 0.29) is 0 Å². The Labute approximate surface area is 101 Å². The summed E-state index contributed by atoms with van der Waals surface area (Å²) in [5, 5.41) is 0. The number of nitrogens with two attached hydrogens (primary N) is 2. The van der Waals surface area contributed by atoms with Crippen LogP contribution < -0.4 is 11.5 Å². The van der Waals surface area contributed by atoms with Gasteiger partial charge in [0.1, 0.15) is 0 Å². The standard InChI is InChI=1S/C12H30N4/c1-12(10-14)11-16(8-4-6-13)9-5-7-15(2)3/h12H,4-11,13-14H2,1-3H3. The Balaban J connectivity index is 3.80. The second kappa shape index (κ2) is 10.0. The van der Waals surface area contributed by atoms with Gasteiger partial charge in [0.05, 0.1) is 0 Å². The maximum atomic E-state index is 5.67. The minimum absolute atomic E-state index is 0.581. The highest BCUT2D eigenvalue weighted by Gasteiger charge is 2.08. The summed E-state index contributed by atoms with van der Waals surface area (Å²) in [6.07, 6.45) is 2.30. The summed E-state index contributed by atoms with van der Waals surface area (Å²) >= 11 is 0. The molecule has 4 nitrogen and oxygen atoms in total. The highest BCUT2D eigenvalue weighted by molar-refractivity contribution is 4.64. The highest BCUT2D eigenvalue weighted by atomic mass is 15.1. The van der Waals surface area contributed by atoms with Crippen molar-refractivity contribution in [3.8, 4) is 0 Å². The van der Waals surface area contributed by atoms with Crippen LogP contribution in [0.1, 0.15) is 19.8 Å². The molecule has 98 valence electrons. The van der Waals surface area contributed by atoms with Crippen LogP contribution in [0.25, 0.3) is 0 Å². The van der Waals surface area contributed by atoms with Crippen LogP contribution >= 0.6 is 0 Å². The van der Waals surface area contributed by atoms with Gasteiger partial charge in [0, 0.05) is 6.54 Å². The van der Waals surface area contributed by atoms with E-state index >= 15 is 0 Å². The predicted octanol–water partition coefficient (Wildman–Crippen LogP) is 0.184. The highest BCUT2D eigenvalue weighted by Crippen LogP contribution is 2.01. The summed E-state index contributed by atoms with van der Waals surface area (Å²) in [4.78, 5) is 4.72. The summed E-state index contributed by atoms with van der Waals surface area (Å²) in [6.45, 7) is 8.27. The fourth-order valence-electron chi connectivity index (χ4n) is 1.74. The first-order valence-electron chi connectivity index (χ1n) is 6.37. The number of nitrogens with zero attached hydrogens (tertiary/aromatic N) is 2. The Bertz CT molecular complexity index is 150. The Morgan fingerprint density at radius 1 is 1.00 bits per heavy atom. The van der Waals surface area contributed by atoms with Gasteiger partial charge in [0.15, 0.2) is 0 Å². The van der Waals surface area contributed by atoms with E-state index in [1.54, 1.807) is 0 Å². The molecule has 0 aliphatic rings. The average Bonchev–Trinajstić information content (AvgIpc) is 2.24. The molecule has 0 aliphatic heterocycles. The van der Waals surface area contributed by atoms with Crippen molar-refractivity contribution in [3.05, 3.63) is 0 Å². The average molecular weight is 230 g/mol. The van der Waals surface area contributed by atoms with Crippen LogP contribution in [-0.2, 0) is 0 Å². The van der Waals surface area contributed by atoms with Gasteiger partial charge in [-0.2, -0.15) is 0 Å². The zero-order valence-corrected chi connectivity index (χ0v) is 11.3. The van der Waals surface area contributed by atoms with Gasteiger partial charge in [-0.1, -0.05) is 6.92 Å². The van der Waals surface area contributed by atoms with E-state index in [1.165, 1.54) is 6.42 Å². The molecule has 1 unspecified atom stereocenters. The minimum atomic E-state index is 0.581. The van der Waals surface area contributed by atoms with Gasteiger partial charge >= 0.3 is 0 Å². The molecule has 0 aromatic rings. The smallest absolute Gasteiger partial charge is 0.00191 e. The number of hydrogen-bond acceptors (Lipinski definition) is 4. The first-order valence-corrected chi connectivity index (χ1v) is 6.37. The molecular formula is C12H30N4. The summed E-state index contributed by atoms with van der Waals surface area (Å²) < 4.78 is 0. The van der Waals surface area contributed by atoms with Crippen molar-refractivity contribution in [2.45, 2.75) is 19.8 Å². The van der Waals surface area contributed by atoms with Gasteiger partial charge in [-0.15, -0.1) is 0 Å². The maximum absolute atomic E-state index is 5.67. The molecule has 0 aromatic heterocycles. The van der Waals surface area contributed by atoms with E-state index in [9.17, 15) is 0 Å². The van der Waals surface area contributed by atoms with E-state index in [1.807, 2.05) is 0 Å². The number of hydrogen-bond donors (Lipinski definition) is 2. The monoisotopic (exact) mass is 230 g/mol. The molecule has 4 heteroatoms. The maximum Gasteiger partial charge on any atom is 0.00191 e. The molecule has 0 fully saturated rings. The van der Waals surface area contributed by atoms with Crippen LogP contribution in [0.5, 0.6) is 0 Å². The molecule has 0 aromatic carbocycles. The lowest BCUT2D eigenvalue weighted by atomic mass is 10.1. The van der Waals surface area contributed by atoms with Gasteiger partial charge in [-0.05, 0) is 65.6 Å². The zero-order valence-electron chi connectivity index (χ0n) is 11.3. The quantitative estimate of drug-likeness (QED) is 0.562. The second-order valence-corrected chi connectivity index (χ2v) is 4.94. The van der Waals surface area contributed by atoms with Crippen LogP contribution in [0.4, 0.5) is 0 Å². The molecule has 0 saturated heterocycles. The van der Waals surface area contributed by atoms with Crippen molar-refractivity contribution in [1.82, 2.24) is 9.80 Å². The fraction of sp³-hybridized carbons (Fsp3) is 1.00. The largest absolute Gasteiger partial charge is 0.330 e. The topological polar surface area (TPSA) is 58.5 Å². The van der Waals surface area contributed by atoms with Gasteiger partial charge in [0.25, 0.3) is 0 Å². The molecule has 0 aliphatic carbocycles. The summed E-state index contributed by atoms with van der Waals surface area (Å²) in [6, 6.07) is 0. The molecule has 0 amide bonds. The van der Waals surface area contributed by atoms with Gasteiger partial charge in [-0.3, -0.25) is 0 Å². The lowest BCUT2D eigenvalue weighted by Crippen LogP contribution is -2.35. The molecule has 0 heterocycles. The van der Waals surface area contributed by atoms with Crippen molar-refractivity contribution in [3.63, 3.8) is 0 Å². The van der Waals surface area contributed by atoms with E-state index in [0.717, 1.165) is 45.7 Å². The van der Waals surface area contributed by atoms with E-state index < -0.39 is 0 Å². The molecule has 0 rings (SSSR count). The second-order valence-electron chi connectivity index (χ2n) is 4.94. The Hall–Kier alpha value is -0.160. The lowest BCUT2D eigenvalue weighted by Gasteiger charge is -2.25. The van der Waals surface area contributed by atoms with Gasteiger partial charge < -0.3 is 21.3 Å². The molecule has 0 radical (unpaired) electrons. The van der Waals surface area contributed by atoms with Crippen LogP contribution in [0.3, 0.4) is 0 Å². The molecular weight excluding hydrogens is 200 g/mol. The van der Waals surface area contributed by atoms with Crippen LogP contribution in [0, 0.1) is 5.92 Å². The third-order valence-electron chi connectivity index (χ3n) is 2.73. The SMILES string of the molecule is CC(CN)CN(CCCN)CCCN(C)C. The van der Waals surface area contributed by atoms with Crippen LogP contribution in [0.2, 0.25) is 0 Å². The van der Waals surface area contributed by atoms with Crippen LogP contribution in [-0.4, -0.2) is 63.2 Å². The first-order chi connectivity index (χ1) is 7.60. The molecule has 16 heavy (non-hydrogen) atoms. The lowest BCUT2D eigenvalue weighted by molar-refractivity contribution is 0.225. The van der Waals surface area contributed by atoms with Gasteiger partial charge in [-0.25, -0.2) is 0 Å². The summed E-state index contributed by atoms with van der Waals surface area (Å²) in [7, 11) is 4.24. The van der Waals surface area contributed by atoms with Crippen molar-refractivity contribution in [1.29, 1.82) is 0 Å². The van der Waals surface area contributed by atoms with E-state index in [2.05, 4.69) is 30.8 Å². The van der Waals surface area contributed by atoms with Crippen molar-refractivity contribution < 1.29 is 0 Å². The third-order valence-corrected chi connectivity index (χ3v) is 2.73. The Kier molecular flexibility index (Phi) is 9.92. The van der Waals surface area contributed by atoms with Crippen molar-refractivity contribution in [2.75, 3.05) is 53.4 Å². The summed E-state index contributed by atoms with van der Waals surface area (Å²) in [5.41, 5.74) is 11.2. The van der Waals surface area contributed by atoms with Crippen molar-refractivity contribution in [2.24, 2.45) is 17.4 Å². The summed E-state index contributed by atoms with van der Waals surface area (Å²) in [5.74, 6) is 0.581. The Morgan fingerprint density at radius 3 is 2.12 bits per heavy atom. The molecule has 4 N–H and O–H groups in total. The predicted molar refractivity (Wildman–Crippen MR) is 71.5 cm³/mol. The minimum Gasteiger partial charge on any atom is -0.330 e. The third kappa shape index (κ3) is 9.09. The van der Waals surface area contributed by atoms with E-state index in [0.29, 0.717) is 5.92 Å². The first kappa shape index (κ1) is 15.8.